The van der Waals surface area contributed by atoms with Crippen LogP contribution in [0.25, 0.3) is 0 Å². The predicted octanol–water partition coefficient (Wildman–Crippen LogP) is 2.46. The second-order valence-corrected chi connectivity index (χ2v) is 7.23. The summed E-state index contributed by atoms with van der Waals surface area (Å²) in [4.78, 5) is 24.2. The van der Waals surface area contributed by atoms with Gasteiger partial charge in [-0.2, -0.15) is 8.42 Å². The molecule has 0 heterocycles. The highest BCUT2D eigenvalue weighted by atomic mass is 32.2. The first-order valence-corrected chi connectivity index (χ1v) is 9.18. The molecule has 1 atom stereocenters. The van der Waals surface area contributed by atoms with E-state index in [1.165, 1.54) is 12.1 Å². The summed E-state index contributed by atoms with van der Waals surface area (Å²) in [7, 11) is -4.87. The molecule has 26 heavy (non-hydrogen) atoms. The first-order chi connectivity index (χ1) is 12.2. The summed E-state index contributed by atoms with van der Waals surface area (Å²) in [5, 5.41) is -2.08. The summed E-state index contributed by atoms with van der Waals surface area (Å²) in [6, 6.07) is 13.1. The maximum absolute atomic E-state index is 12.2. The van der Waals surface area contributed by atoms with E-state index in [1.807, 2.05) is 0 Å². The number of rotatable bonds is 6. The molecule has 0 saturated carbocycles. The average molecular weight is 378 g/mol. The summed E-state index contributed by atoms with van der Waals surface area (Å²) >= 11 is 0. The Morgan fingerprint density at radius 2 is 1.38 bits per heavy atom. The fourth-order valence-corrected chi connectivity index (χ4v) is 2.78. The Morgan fingerprint density at radius 3 is 1.85 bits per heavy atom. The van der Waals surface area contributed by atoms with Crippen LogP contribution in [0, 0.1) is 13.8 Å². The van der Waals surface area contributed by atoms with Gasteiger partial charge in [-0.05, 0) is 37.1 Å². The molecule has 1 unspecified atom stereocenters. The van der Waals surface area contributed by atoms with Gasteiger partial charge in [0.2, 0.25) is 0 Å². The molecule has 0 spiro atoms. The maximum Gasteiger partial charge on any atom is 0.332 e. The lowest BCUT2D eigenvalue weighted by atomic mass is 10.2. The van der Waals surface area contributed by atoms with Crippen LogP contribution in [-0.2, 0) is 19.7 Å². The first kappa shape index (κ1) is 19.6. The van der Waals surface area contributed by atoms with Gasteiger partial charge in [0.25, 0.3) is 10.1 Å². The minimum Gasteiger partial charge on any atom is -0.426 e. The lowest BCUT2D eigenvalue weighted by Crippen LogP contribution is -2.36. The topological polar surface area (TPSA) is 107 Å². The Kier molecular flexibility index (Phi) is 6.12. The molecule has 2 aromatic rings. The Hall–Kier alpha value is -2.71. The molecular formula is C18H18O7S. The summed E-state index contributed by atoms with van der Waals surface area (Å²) in [5.74, 6) is -1.87. The van der Waals surface area contributed by atoms with E-state index < -0.39 is 33.7 Å². The molecule has 2 aromatic carbocycles. The molecule has 0 aromatic heterocycles. The number of ether oxygens (including phenoxy) is 2. The van der Waals surface area contributed by atoms with Crippen LogP contribution in [0.15, 0.2) is 48.5 Å². The quantitative estimate of drug-likeness (QED) is 0.467. The normalized spacial score (nSPS) is 12.3. The van der Waals surface area contributed by atoms with Crippen LogP contribution in [-0.4, -0.2) is 30.2 Å². The zero-order valence-corrected chi connectivity index (χ0v) is 15.0. The number of carbonyl (C=O) groups excluding carboxylic acids is 2. The van der Waals surface area contributed by atoms with E-state index in [0.717, 1.165) is 0 Å². The molecule has 0 aliphatic rings. The molecule has 7 nitrogen and oxygen atoms in total. The van der Waals surface area contributed by atoms with Crippen LogP contribution in [0.5, 0.6) is 11.5 Å². The van der Waals surface area contributed by atoms with E-state index in [1.54, 1.807) is 50.2 Å². The standard InChI is InChI=1S/C18H18O7S/c1-12-7-3-5-9-14(12)24-17(19)11-16(26(21,22)23)18(20)25-15-10-6-4-8-13(15)2/h3-10,16H,11H2,1-2H3,(H,21,22,23). The predicted molar refractivity (Wildman–Crippen MR) is 93.6 cm³/mol. The van der Waals surface area contributed by atoms with Crippen molar-refractivity contribution >= 4 is 22.1 Å². The van der Waals surface area contributed by atoms with E-state index >= 15 is 0 Å². The number of aryl methyl sites for hydroxylation is 2. The van der Waals surface area contributed by atoms with Crippen LogP contribution in [0.2, 0.25) is 0 Å². The summed E-state index contributed by atoms with van der Waals surface area (Å²) < 4.78 is 42.5. The Labute approximate surface area is 151 Å². The third kappa shape index (κ3) is 5.14. The molecule has 2 rings (SSSR count). The summed E-state index contributed by atoms with van der Waals surface area (Å²) in [5.41, 5.74) is 1.25. The van der Waals surface area contributed by atoms with Gasteiger partial charge in [-0.1, -0.05) is 36.4 Å². The highest BCUT2D eigenvalue weighted by Gasteiger charge is 2.36. The summed E-state index contributed by atoms with van der Waals surface area (Å²) in [6.45, 7) is 3.37. The molecule has 0 amide bonds. The van der Waals surface area contributed by atoms with Crippen molar-refractivity contribution in [1.82, 2.24) is 0 Å². The van der Waals surface area contributed by atoms with Crippen molar-refractivity contribution in [3.8, 4) is 11.5 Å². The van der Waals surface area contributed by atoms with Gasteiger partial charge < -0.3 is 9.47 Å². The van der Waals surface area contributed by atoms with Crippen molar-refractivity contribution in [1.29, 1.82) is 0 Å². The Morgan fingerprint density at radius 1 is 0.923 bits per heavy atom. The minimum absolute atomic E-state index is 0.137. The number of hydrogen-bond acceptors (Lipinski definition) is 6. The lowest BCUT2D eigenvalue weighted by molar-refractivity contribution is -0.140. The minimum atomic E-state index is -4.87. The largest absolute Gasteiger partial charge is 0.426 e. The number of hydrogen-bond donors (Lipinski definition) is 1. The van der Waals surface area contributed by atoms with Crippen LogP contribution < -0.4 is 9.47 Å². The monoisotopic (exact) mass is 378 g/mol. The van der Waals surface area contributed by atoms with E-state index in [-0.39, 0.29) is 11.5 Å². The van der Waals surface area contributed by atoms with E-state index in [4.69, 9.17) is 9.47 Å². The third-order valence-electron chi connectivity index (χ3n) is 3.60. The van der Waals surface area contributed by atoms with Crippen LogP contribution in [0.4, 0.5) is 0 Å². The van der Waals surface area contributed by atoms with Crippen LogP contribution in [0.1, 0.15) is 17.5 Å². The lowest BCUT2D eigenvalue weighted by Gasteiger charge is -2.14. The Bertz CT molecular complexity index is 919. The molecule has 138 valence electrons. The van der Waals surface area contributed by atoms with Crippen molar-refractivity contribution < 1.29 is 32.0 Å². The van der Waals surface area contributed by atoms with Gasteiger partial charge in [-0.15, -0.1) is 0 Å². The zero-order valence-electron chi connectivity index (χ0n) is 14.2. The van der Waals surface area contributed by atoms with E-state index in [2.05, 4.69) is 0 Å². The second-order valence-electron chi connectivity index (χ2n) is 5.63. The van der Waals surface area contributed by atoms with Crippen LogP contribution in [0.3, 0.4) is 0 Å². The van der Waals surface area contributed by atoms with Gasteiger partial charge in [0.1, 0.15) is 11.5 Å². The number of benzene rings is 2. The van der Waals surface area contributed by atoms with Crippen LogP contribution >= 0.6 is 0 Å². The fourth-order valence-electron chi connectivity index (χ4n) is 2.14. The van der Waals surface area contributed by atoms with Crippen molar-refractivity contribution in [2.45, 2.75) is 25.5 Å². The highest BCUT2D eigenvalue weighted by Crippen LogP contribution is 2.20. The van der Waals surface area contributed by atoms with Gasteiger partial charge in [0.05, 0.1) is 6.42 Å². The maximum atomic E-state index is 12.2. The third-order valence-corrected chi connectivity index (χ3v) is 4.67. The highest BCUT2D eigenvalue weighted by molar-refractivity contribution is 7.87. The molecule has 0 fully saturated rings. The molecule has 0 bridgehead atoms. The zero-order chi connectivity index (χ0) is 19.3. The average Bonchev–Trinajstić information content (AvgIpc) is 2.56. The van der Waals surface area contributed by atoms with Crippen molar-refractivity contribution in [3.63, 3.8) is 0 Å². The molecule has 0 saturated heterocycles. The SMILES string of the molecule is Cc1ccccc1OC(=O)CC(C(=O)Oc1ccccc1C)S(=O)(=O)O. The van der Waals surface area contributed by atoms with Gasteiger partial charge in [0.15, 0.2) is 5.25 Å². The van der Waals surface area contributed by atoms with E-state index in [0.29, 0.717) is 11.1 Å². The molecule has 8 heteroatoms. The van der Waals surface area contributed by atoms with Gasteiger partial charge >= 0.3 is 11.9 Å². The summed E-state index contributed by atoms with van der Waals surface area (Å²) in [6.07, 6.45) is -0.877. The van der Waals surface area contributed by atoms with Gasteiger partial charge in [-0.3, -0.25) is 14.1 Å². The van der Waals surface area contributed by atoms with Crippen molar-refractivity contribution in [3.05, 3.63) is 59.7 Å². The fraction of sp³-hybridized carbons (Fsp3) is 0.222. The molecule has 0 aliphatic heterocycles. The van der Waals surface area contributed by atoms with Gasteiger partial charge in [-0.25, -0.2) is 0 Å². The number of carbonyl (C=O) groups is 2. The molecule has 0 radical (unpaired) electrons. The van der Waals surface area contributed by atoms with Gasteiger partial charge in [0, 0.05) is 0 Å². The second kappa shape index (κ2) is 8.11. The van der Waals surface area contributed by atoms with Crippen molar-refractivity contribution in [2.24, 2.45) is 0 Å². The number of esters is 2. The number of para-hydroxylation sites is 2. The molecular weight excluding hydrogens is 360 g/mol. The smallest absolute Gasteiger partial charge is 0.332 e. The molecule has 0 aliphatic carbocycles. The first-order valence-electron chi connectivity index (χ1n) is 7.68. The Balaban J connectivity index is 2.15. The molecule has 1 N–H and O–H groups in total. The van der Waals surface area contributed by atoms with E-state index in [9.17, 15) is 22.6 Å². The van der Waals surface area contributed by atoms with Crippen molar-refractivity contribution in [2.75, 3.05) is 0 Å².